The largest absolute Gasteiger partial charge is 0.497 e. The molecule has 3 nitrogen and oxygen atoms in total. The van der Waals surface area contributed by atoms with E-state index >= 15 is 0 Å². The van der Waals surface area contributed by atoms with E-state index < -0.39 is 0 Å². The fraction of sp³-hybridized carbons (Fsp3) is 0.176. The first-order chi connectivity index (χ1) is 10.3. The first-order valence-corrected chi connectivity index (χ1v) is 7.69. The molecule has 0 bridgehead atoms. The Bertz CT molecular complexity index is 705. The van der Waals surface area contributed by atoms with Crippen molar-refractivity contribution in [2.24, 2.45) is 5.84 Å². The van der Waals surface area contributed by atoms with Crippen LogP contribution in [0.5, 0.6) is 5.75 Å². The number of benzene rings is 2. The molecule has 0 saturated heterocycles. The molecule has 0 fully saturated rings. The van der Waals surface area contributed by atoms with Gasteiger partial charge in [0.25, 0.3) is 0 Å². The average molecular weight is 298 g/mol. The maximum atomic E-state index is 5.77. The molecule has 0 spiro atoms. The monoisotopic (exact) mass is 298 g/mol. The molecule has 108 valence electrons. The molecule has 0 aliphatic rings. The molecular formula is C17H18N2OS. The SMILES string of the molecule is COc1cccc(CC(NN)c2cc3ccccc3s2)c1. The Labute approximate surface area is 128 Å². The van der Waals surface area contributed by atoms with E-state index in [-0.39, 0.29) is 6.04 Å². The first kappa shape index (κ1) is 14.1. The molecule has 1 unspecified atom stereocenters. The summed E-state index contributed by atoms with van der Waals surface area (Å²) in [6, 6.07) is 18.8. The van der Waals surface area contributed by atoms with Crippen LogP contribution >= 0.6 is 11.3 Å². The number of fused-ring (bicyclic) bond motifs is 1. The van der Waals surface area contributed by atoms with Crippen molar-refractivity contribution < 1.29 is 4.74 Å². The minimum atomic E-state index is 0.106. The van der Waals surface area contributed by atoms with Gasteiger partial charge in [-0.2, -0.15) is 0 Å². The van der Waals surface area contributed by atoms with E-state index in [1.807, 2.05) is 12.1 Å². The molecule has 0 radical (unpaired) electrons. The minimum Gasteiger partial charge on any atom is -0.497 e. The van der Waals surface area contributed by atoms with Crippen molar-refractivity contribution in [2.75, 3.05) is 7.11 Å². The lowest BCUT2D eigenvalue weighted by molar-refractivity contribution is 0.414. The van der Waals surface area contributed by atoms with Gasteiger partial charge in [-0.05, 0) is 41.6 Å². The second-order valence-electron chi connectivity index (χ2n) is 4.96. The van der Waals surface area contributed by atoms with Crippen molar-refractivity contribution in [1.29, 1.82) is 0 Å². The van der Waals surface area contributed by atoms with Crippen LogP contribution in [-0.2, 0) is 6.42 Å². The standard InChI is InChI=1S/C17H18N2OS/c1-20-14-7-4-5-12(9-14)10-15(19-18)17-11-13-6-2-3-8-16(13)21-17/h2-9,11,15,19H,10,18H2,1H3. The van der Waals surface area contributed by atoms with Crippen LogP contribution in [-0.4, -0.2) is 7.11 Å². The molecule has 21 heavy (non-hydrogen) atoms. The number of nitrogens with two attached hydrogens (primary N) is 1. The zero-order chi connectivity index (χ0) is 14.7. The van der Waals surface area contributed by atoms with E-state index in [2.05, 4.69) is 47.9 Å². The van der Waals surface area contributed by atoms with Gasteiger partial charge in [-0.15, -0.1) is 11.3 Å². The summed E-state index contributed by atoms with van der Waals surface area (Å²) in [7, 11) is 1.68. The van der Waals surface area contributed by atoms with Gasteiger partial charge < -0.3 is 4.74 Å². The van der Waals surface area contributed by atoms with Crippen molar-refractivity contribution in [3.8, 4) is 5.75 Å². The summed E-state index contributed by atoms with van der Waals surface area (Å²) in [5.41, 5.74) is 4.14. The summed E-state index contributed by atoms with van der Waals surface area (Å²) in [6.45, 7) is 0. The van der Waals surface area contributed by atoms with Crippen LogP contribution in [0, 0.1) is 0 Å². The van der Waals surface area contributed by atoms with Gasteiger partial charge in [0, 0.05) is 9.58 Å². The van der Waals surface area contributed by atoms with Gasteiger partial charge in [-0.1, -0.05) is 30.3 Å². The van der Waals surface area contributed by atoms with E-state index in [1.165, 1.54) is 20.5 Å². The molecule has 1 aromatic heterocycles. The highest BCUT2D eigenvalue weighted by atomic mass is 32.1. The van der Waals surface area contributed by atoms with Crippen molar-refractivity contribution in [3.63, 3.8) is 0 Å². The van der Waals surface area contributed by atoms with Gasteiger partial charge in [-0.3, -0.25) is 11.3 Å². The third-order valence-corrected chi connectivity index (χ3v) is 4.79. The number of methoxy groups -OCH3 is 1. The second kappa shape index (κ2) is 6.26. The Kier molecular flexibility index (Phi) is 4.20. The lowest BCUT2D eigenvalue weighted by atomic mass is 10.0. The predicted octanol–water partition coefficient (Wildman–Crippen LogP) is 3.66. The number of ether oxygens (including phenoxy) is 1. The lowest BCUT2D eigenvalue weighted by Crippen LogP contribution is -2.28. The van der Waals surface area contributed by atoms with Gasteiger partial charge in [0.1, 0.15) is 5.75 Å². The molecule has 0 aliphatic carbocycles. The maximum Gasteiger partial charge on any atom is 0.119 e. The average Bonchev–Trinajstić information content (AvgIpc) is 2.96. The quantitative estimate of drug-likeness (QED) is 0.558. The Balaban J connectivity index is 1.87. The van der Waals surface area contributed by atoms with Gasteiger partial charge in [0.2, 0.25) is 0 Å². The number of hydrogen-bond donors (Lipinski definition) is 2. The van der Waals surface area contributed by atoms with E-state index in [0.29, 0.717) is 0 Å². The van der Waals surface area contributed by atoms with Crippen LogP contribution in [0.1, 0.15) is 16.5 Å². The smallest absolute Gasteiger partial charge is 0.119 e. The number of hydrazine groups is 1. The van der Waals surface area contributed by atoms with Gasteiger partial charge in [0.15, 0.2) is 0 Å². The Morgan fingerprint density at radius 1 is 1.14 bits per heavy atom. The number of nitrogens with one attached hydrogen (secondary N) is 1. The third kappa shape index (κ3) is 3.08. The molecule has 3 N–H and O–H groups in total. The molecular weight excluding hydrogens is 280 g/mol. The van der Waals surface area contributed by atoms with Crippen molar-refractivity contribution in [3.05, 3.63) is 65.0 Å². The van der Waals surface area contributed by atoms with E-state index in [9.17, 15) is 0 Å². The zero-order valence-corrected chi connectivity index (χ0v) is 12.7. The van der Waals surface area contributed by atoms with Crippen LogP contribution in [0.4, 0.5) is 0 Å². The number of thiophene rings is 1. The molecule has 0 saturated carbocycles. The molecule has 3 rings (SSSR count). The topological polar surface area (TPSA) is 47.3 Å². The third-order valence-electron chi connectivity index (χ3n) is 3.56. The fourth-order valence-electron chi connectivity index (χ4n) is 2.45. The van der Waals surface area contributed by atoms with Crippen molar-refractivity contribution in [2.45, 2.75) is 12.5 Å². The van der Waals surface area contributed by atoms with E-state index in [0.717, 1.165) is 12.2 Å². The Morgan fingerprint density at radius 2 is 2.00 bits per heavy atom. The van der Waals surface area contributed by atoms with Crippen molar-refractivity contribution >= 4 is 21.4 Å². The second-order valence-corrected chi connectivity index (χ2v) is 6.08. The summed E-state index contributed by atoms with van der Waals surface area (Å²) >= 11 is 1.79. The molecule has 2 aromatic carbocycles. The molecule has 3 aromatic rings. The van der Waals surface area contributed by atoms with E-state index in [4.69, 9.17) is 10.6 Å². The van der Waals surface area contributed by atoms with Crippen LogP contribution in [0.25, 0.3) is 10.1 Å². The molecule has 0 amide bonds. The molecule has 1 atom stereocenters. The summed E-state index contributed by atoms with van der Waals surface area (Å²) in [5, 5.41) is 1.27. The van der Waals surface area contributed by atoms with Crippen molar-refractivity contribution in [1.82, 2.24) is 5.43 Å². The summed E-state index contributed by atoms with van der Waals surface area (Å²) in [6.07, 6.45) is 0.834. The van der Waals surface area contributed by atoms with Gasteiger partial charge in [0.05, 0.1) is 13.2 Å². The Hall–Kier alpha value is -1.88. The molecule has 1 heterocycles. The fourth-order valence-corrected chi connectivity index (χ4v) is 3.58. The molecule has 4 heteroatoms. The molecule has 0 aliphatic heterocycles. The van der Waals surface area contributed by atoms with Gasteiger partial charge >= 0.3 is 0 Å². The zero-order valence-electron chi connectivity index (χ0n) is 11.9. The lowest BCUT2D eigenvalue weighted by Gasteiger charge is -2.14. The summed E-state index contributed by atoms with van der Waals surface area (Å²) in [5.74, 6) is 6.65. The van der Waals surface area contributed by atoms with Crippen LogP contribution in [0.3, 0.4) is 0 Å². The van der Waals surface area contributed by atoms with Crippen LogP contribution in [0.2, 0.25) is 0 Å². The highest BCUT2D eigenvalue weighted by Gasteiger charge is 2.14. The van der Waals surface area contributed by atoms with Crippen LogP contribution in [0.15, 0.2) is 54.6 Å². The predicted molar refractivity (Wildman–Crippen MR) is 88.6 cm³/mol. The number of rotatable bonds is 5. The highest BCUT2D eigenvalue weighted by Crippen LogP contribution is 2.31. The maximum absolute atomic E-state index is 5.77. The van der Waals surface area contributed by atoms with Crippen LogP contribution < -0.4 is 16.0 Å². The van der Waals surface area contributed by atoms with Gasteiger partial charge in [-0.25, -0.2) is 0 Å². The minimum absolute atomic E-state index is 0.106. The van der Waals surface area contributed by atoms with E-state index in [1.54, 1.807) is 18.4 Å². The highest BCUT2D eigenvalue weighted by molar-refractivity contribution is 7.19. The summed E-state index contributed by atoms with van der Waals surface area (Å²) < 4.78 is 6.56. The number of hydrogen-bond acceptors (Lipinski definition) is 4. The Morgan fingerprint density at radius 3 is 2.76 bits per heavy atom. The first-order valence-electron chi connectivity index (χ1n) is 6.87. The normalized spacial score (nSPS) is 12.5. The summed E-state index contributed by atoms with van der Waals surface area (Å²) in [4.78, 5) is 1.25.